The van der Waals surface area contributed by atoms with E-state index >= 15 is 0 Å². The van der Waals surface area contributed by atoms with Gasteiger partial charge in [-0.15, -0.1) is 20.4 Å². The molecule has 6 heterocycles. The van der Waals surface area contributed by atoms with E-state index in [9.17, 15) is 0 Å². The van der Waals surface area contributed by atoms with Crippen LogP contribution in [-0.2, 0) is 6.42 Å². The molecule has 0 saturated heterocycles. The molecule has 0 N–H and O–H groups in total. The molecule has 2 unspecified atom stereocenters. The van der Waals surface area contributed by atoms with Crippen molar-refractivity contribution in [3.8, 4) is 0 Å². The summed E-state index contributed by atoms with van der Waals surface area (Å²) in [5.41, 5.74) is 8.65. The summed E-state index contributed by atoms with van der Waals surface area (Å²) >= 11 is 0. The predicted octanol–water partition coefficient (Wildman–Crippen LogP) is 4.44. The normalized spacial score (nSPS) is 13.9. The third-order valence-corrected chi connectivity index (χ3v) is 6.92. The second-order valence-corrected chi connectivity index (χ2v) is 9.66. The van der Waals surface area contributed by atoms with Crippen molar-refractivity contribution in [3.05, 3.63) is 89.7 Å². The molecule has 35 heavy (non-hydrogen) atoms. The number of fused-ring (bicyclic) bond motifs is 3. The van der Waals surface area contributed by atoms with Crippen LogP contribution >= 0.6 is 0 Å². The molecule has 0 aliphatic carbocycles. The molecular weight excluding hydrogens is 438 g/mol. The van der Waals surface area contributed by atoms with E-state index in [1.807, 2.05) is 19.4 Å². The lowest BCUT2D eigenvalue weighted by molar-refractivity contribution is 0.745. The van der Waals surface area contributed by atoms with Crippen molar-refractivity contribution in [1.29, 1.82) is 0 Å². The van der Waals surface area contributed by atoms with Crippen LogP contribution in [0.15, 0.2) is 61.8 Å². The van der Waals surface area contributed by atoms with Crippen LogP contribution in [0.4, 0.5) is 0 Å². The zero-order valence-electron chi connectivity index (χ0n) is 20.2. The summed E-state index contributed by atoms with van der Waals surface area (Å²) in [5, 5.41) is 21.2. The summed E-state index contributed by atoms with van der Waals surface area (Å²) in [6.07, 6.45) is 12.4. The van der Waals surface area contributed by atoms with E-state index in [0.717, 1.165) is 28.9 Å². The first-order valence-corrected chi connectivity index (χ1v) is 11.9. The first-order valence-electron chi connectivity index (χ1n) is 11.9. The van der Waals surface area contributed by atoms with Crippen molar-refractivity contribution in [1.82, 2.24) is 43.8 Å². The lowest BCUT2D eigenvalue weighted by Crippen LogP contribution is -2.07. The van der Waals surface area contributed by atoms with Gasteiger partial charge < -0.3 is 0 Å². The lowest BCUT2D eigenvalue weighted by Gasteiger charge is -2.18. The van der Waals surface area contributed by atoms with Gasteiger partial charge in [-0.25, -0.2) is 9.50 Å². The molecule has 0 aliphatic heterocycles. The molecule has 6 aromatic rings. The van der Waals surface area contributed by atoms with Crippen LogP contribution in [0.3, 0.4) is 0 Å². The Hall–Kier alpha value is -4.14. The third-order valence-electron chi connectivity index (χ3n) is 6.92. The molecule has 0 saturated carbocycles. The van der Waals surface area contributed by atoms with Gasteiger partial charge in [-0.1, -0.05) is 33.8 Å². The van der Waals surface area contributed by atoms with E-state index in [0.29, 0.717) is 11.8 Å². The maximum absolute atomic E-state index is 4.46. The number of hydrogen-bond acceptors (Lipinski definition) is 6. The number of hydrogen-bond donors (Lipinski definition) is 0. The number of pyridine rings is 3. The van der Waals surface area contributed by atoms with Gasteiger partial charge in [0.15, 0.2) is 16.9 Å². The highest BCUT2D eigenvalue weighted by molar-refractivity contribution is 5.56. The predicted molar refractivity (Wildman–Crippen MR) is 133 cm³/mol. The van der Waals surface area contributed by atoms with Gasteiger partial charge in [0.2, 0.25) is 0 Å². The Morgan fingerprint density at radius 2 is 1.63 bits per heavy atom. The van der Waals surface area contributed by atoms with Gasteiger partial charge >= 0.3 is 0 Å². The Morgan fingerprint density at radius 3 is 2.49 bits per heavy atom. The smallest absolute Gasteiger partial charge is 0.164 e. The Labute approximate surface area is 202 Å². The molecule has 0 spiro atoms. The van der Waals surface area contributed by atoms with E-state index in [1.54, 1.807) is 19.0 Å². The molecular formula is C26H27N9. The van der Waals surface area contributed by atoms with Crippen molar-refractivity contribution in [2.45, 2.75) is 51.9 Å². The van der Waals surface area contributed by atoms with Crippen LogP contribution in [0.25, 0.3) is 16.9 Å². The van der Waals surface area contributed by atoms with Crippen LogP contribution in [0.1, 0.15) is 73.3 Å². The largest absolute Gasteiger partial charge is 0.289 e. The van der Waals surface area contributed by atoms with Crippen LogP contribution in [-0.4, -0.2) is 43.8 Å². The van der Waals surface area contributed by atoms with Crippen LogP contribution in [0.5, 0.6) is 0 Å². The number of nitrogens with zero attached hydrogens (tertiary/aromatic N) is 9. The fraction of sp³-hybridized carbons (Fsp3) is 0.308. The van der Waals surface area contributed by atoms with Crippen molar-refractivity contribution < 1.29 is 0 Å². The summed E-state index contributed by atoms with van der Waals surface area (Å²) in [4.78, 5) is 4.46. The van der Waals surface area contributed by atoms with E-state index in [-0.39, 0.29) is 5.92 Å². The van der Waals surface area contributed by atoms with Crippen molar-refractivity contribution in [3.63, 3.8) is 0 Å². The molecule has 176 valence electrons. The van der Waals surface area contributed by atoms with Crippen molar-refractivity contribution >= 4 is 16.9 Å². The Bertz CT molecular complexity index is 1660. The highest BCUT2D eigenvalue weighted by Gasteiger charge is 2.20. The molecule has 9 nitrogen and oxygen atoms in total. The Morgan fingerprint density at radius 1 is 0.800 bits per heavy atom. The monoisotopic (exact) mass is 465 g/mol. The van der Waals surface area contributed by atoms with E-state index in [1.165, 1.54) is 22.3 Å². The minimum atomic E-state index is 0.108. The highest BCUT2D eigenvalue weighted by Crippen LogP contribution is 2.32. The number of rotatable bonds is 6. The Kier molecular flexibility index (Phi) is 5.05. The SMILES string of the molecule is CC(C)c1cc(C(C)c2cc(CC(C)c3ccc4nncn4c3)cn3cnnc23)cn2ncnc12. The quantitative estimate of drug-likeness (QED) is 0.361. The number of aromatic nitrogens is 9. The second-order valence-electron chi connectivity index (χ2n) is 9.66. The van der Waals surface area contributed by atoms with Gasteiger partial charge in [0.05, 0.1) is 0 Å². The van der Waals surface area contributed by atoms with Crippen LogP contribution in [0.2, 0.25) is 0 Å². The van der Waals surface area contributed by atoms with E-state index < -0.39 is 0 Å². The first kappa shape index (κ1) is 21.4. The van der Waals surface area contributed by atoms with Gasteiger partial charge in [0.25, 0.3) is 0 Å². The summed E-state index contributed by atoms with van der Waals surface area (Å²) in [5.74, 6) is 0.770. The molecule has 9 heteroatoms. The fourth-order valence-electron chi connectivity index (χ4n) is 4.88. The standard InChI is InChI=1S/C26H27N9/c1-16(2)22-9-21(12-35-25(22)27-13-30-35)18(4)23-8-19(10-34-15-29-32-26(23)34)7-17(3)20-5-6-24-31-28-14-33(24)11-20/h5-6,8-18H,7H2,1-4H3. The summed E-state index contributed by atoms with van der Waals surface area (Å²) in [7, 11) is 0. The molecule has 0 bridgehead atoms. The molecule has 0 radical (unpaired) electrons. The van der Waals surface area contributed by atoms with Gasteiger partial charge in [-0.05, 0) is 58.7 Å². The molecule has 6 aromatic heterocycles. The molecule has 0 aliphatic rings. The van der Waals surface area contributed by atoms with Gasteiger partial charge in [-0.2, -0.15) is 5.10 Å². The summed E-state index contributed by atoms with van der Waals surface area (Å²) < 4.78 is 5.89. The molecule has 0 fully saturated rings. The highest BCUT2D eigenvalue weighted by atomic mass is 15.3. The maximum Gasteiger partial charge on any atom is 0.164 e. The van der Waals surface area contributed by atoms with Crippen LogP contribution < -0.4 is 0 Å². The minimum absolute atomic E-state index is 0.108. The molecule has 2 atom stereocenters. The topological polar surface area (TPSA) is 90.6 Å². The van der Waals surface area contributed by atoms with Crippen molar-refractivity contribution in [2.24, 2.45) is 0 Å². The summed E-state index contributed by atoms with van der Waals surface area (Å²) in [6.45, 7) is 8.85. The van der Waals surface area contributed by atoms with Gasteiger partial charge in [-0.3, -0.25) is 8.80 Å². The van der Waals surface area contributed by atoms with E-state index in [2.05, 4.69) is 95.0 Å². The van der Waals surface area contributed by atoms with E-state index in [4.69, 9.17) is 0 Å². The average molecular weight is 466 g/mol. The van der Waals surface area contributed by atoms with Crippen LogP contribution in [0, 0.1) is 0 Å². The third kappa shape index (κ3) is 3.73. The Balaban J connectivity index is 1.38. The maximum atomic E-state index is 4.46. The zero-order valence-corrected chi connectivity index (χ0v) is 20.2. The molecule has 0 amide bonds. The average Bonchev–Trinajstić information content (AvgIpc) is 3.61. The molecule has 0 aromatic carbocycles. The van der Waals surface area contributed by atoms with Crippen molar-refractivity contribution in [2.75, 3.05) is 0 Å². The van der Waals surface area contributed by atoms with Gasteiger partial charge in [0, 0.05) is 30.1 Å². The van der Waals surface area contributed by atoms with Gasteiger partial charge in [0.1, 0.15) is 19.0 Å². The first-order chi connectivity index (χ1) is 17.0. The minimum Gasteiger partial charge on any atom is -0.289 e. The lowest BCUT2D eigenvalue weighted by atomic mass is 9.89. The fourth-order valence-corrected chi connectivity index (χ4v) is 4.88. The second kappa shape index (κ2) is 8.26. The summed E-state index contributed by atoms with van der Waals surface area (Å²) in [6, 6.07) is 8.69. The zero-order chi connectivity index (χ0) is 24.1. The molecule has 6 rings (SSSR count).